The SMILES string of the molecule is CCC(C)COc1ccc(-c2ccccc2-c2ccc(C(=O)[O-])cc2)cc1Br. The molecule has 0 spiro atoms. The van der Waals surface area contributed by atoms with Crippen molar-refractivity contribution >= 4 is 21.9 Å². The van der Waals surface area contributed by atoms with Gasteiger partial charge in [-0.15, -0.1) is 0 Å². The Hall–Kier alpha value is -2.59. The first-order valence-electron chi connectivity index (χ1n) is 9.33. The Kier molecular flexibility index (Phi) is 6.53. The summed E-state index contributed by atoms with van der Waals surface area (Å²) in [7, 11) is 0. The van der Waals surface area contributed by atoms with E-state index < -0.39 is 5.97 Å². The molecule has 0 radical (unpaired) electrons. The summed E-state index contributed by atoms with van der Waals surface area (Å²) in [6.45, 7) is 5.02. The van der Waals surface area contributed by atoms with Crippen LogP contribution in [0.1, 0.15) is 30.6 Å². The van der Waals surface area contributed by atoms with Crippen LogP contribution in [0.25, 0.3) is 22.3 Å². The molecule has 28 heavy (non-hydrogen) atoms. The van der Waals surface area contributed by atoms with Crippen molar-refractivity contribution in [2.24, 2.45) is 5.92 Å². The highest BCUT2D eigenvalue weighted by molar-refractivity contribution is 9.10. The van der Waals surface area contributed by atoms with Gasteiger partial charge in [-0.05, 0) is 61.8 Å². The number of aromatic carboxylic acids is 1. The maximum absolute atomic E-state index is 11.0. The van der Waals surface area contributed by atoms with Gasteiger partial charge in [0.2, 0.25) is 0 Å². The van der Waals surface area contributed by atoms with Crippen LogP contribution in [0.3, 0.4) is 0 Å². The molecule has 0 aliphatic heterocycles. The van der Waals surface area contributed by atoms with Gasteiger partial charge in [0.05, 0.1) is 17.0 Å². The Balaban J connectivity index is 1.92. The topological polar surface area (TPSA) is 49.4 Å². The van der Waals surface area contributed by atoms with Crippen LogP contribution in [0.4, 0.5) is 0 Å². The van der Waals surface area contributed by atoms with Crippen LogP contribution in [0, 0.1) is 5.92 Å². The van der Waals surface area contributed by atoms with Crippen LogP contribution < -0.4 is 9.84 Å². The van der Waals surface area contributed by atoms with Crippen LogP contribution >= 0.6 is 15.9 Å². The summed E-state index contributed by atoms with van der Waals surface area (Å²) >= 11 is 3.63. The summed E-state index contributed by atoms with van der Waals surface area (Å²) in [5.41, 5.74) is 4.29. The second kappa shape index (κ2) is 9.07. The van der Waals surface area contributed by atoms with E-state index >= 15 is 0 Å². The minimum atomic E-state index is -1.17. The number of benzene rings is 3. The normalized spacial score (nSPS) is 11.8. The average molecular weight is 438 g/mol. The summed E-state index contributed by atoms with van der Waals surface area (Å²) in [6, 6.07) is 20.9. The average Bonchev–Trinajstić information content (AvgIpc) is 2.72. The zero-order chi connectivity index (χ0) is 20.1. The summed E-state index contributed by atoms with van der Waals surface area (Å²) in [4.78, 5) is 11.0. The highest BCUT2D eigenvalue weighted by atomic mass is 79.9. The molecule has 0 aliphatic rings. The fourth-order valence-electron chi connectivity index (χ4n) is 2.91. The lowest BCUT2D eigenvalue weighted by molar-refractivity contribution is -0.255. The fraction of sp³-hybridized carbons (Fsp3) is 0.208. The maximum atomic E-state index is 11.0. The van der Waals surface area contributed by atoms with Crippen molar-refractivity contribution in [2.45, 2.75) is 20.3 Å². The molecule has 0 bridgehead atoms. The van der Waals surface area contributed by atoms with Gasteiger partial charge in [0.1, 0.15) is 5.75 Å². The summed E-state index contributed by atoms with van der Waals surface area (Å²) in [5.74, 6) is 0.174. The molecule has 0 saturated carbocycles. The highest BCUT2D eigenvalue weighted by Gasteiger charge is 2.10. The van der Waals surface area contributed by atoms with Gasteiger partial charge in [-0.3, -0.25) is 0 Å². The molecule has 0 heterocycles. The quantitative estimate of drug-likeness (QED) is 0.485. The van der Waals surface area contributed by atoms with E-state index in [-0.39, 0.29) is 5.56 Å². The van der Waals surface area contributed by atoms with E-state index in [1.807, 2.05) is 42.5 Å². The second-order valence-electron chi connectivity index (χ2n) is 6.88. The number of carboxylic acids is 1. The Morgan fingerprint density at radius 3 is 2.18 bits per heavy atom. The van der Waals surface area contributed by atoms with Gasteiger partial charge in [-0.2, -0.15) is 0 Å². The van der Waals surface area contributed by atoms with Crippen molar-refractivity contribution in [3.8, 4) is 28.0 Å². The third-order valence-electron chi connectivity index (χ3n) is 4.82. The number of halogens is 1. The number of rotatable bonds is 7. The van der Waals surface area contributed by atoms with Gasteiger partial charge < -0.3 is 14.6 Å². The number of ether oxygens (including phenoxy) is 1. The van der Waals surface area contributed by atoms with Crippen LogP contribution in [0.15, 0.2) is 71.2 Å². The van der Waals surface area contributed by atoms with E-state index in [4.69, 9.17) is 4.74 Å². The molecule has 1 atom stereocenters. The van der Waals surface area contributed by atoms with Crippen molar-refractivity contribution in [1.29, 1.82) is 0 Å². The molecule has 144 valence electrons. The van der Waals surface area contributed by atoms with Crippen LogP contribution in [-0.2, 0) is 0 Å². The first-order valence-corrected chi connectivity index (χ1v) is 10.1. The van der Waals surface area contributed by atoms with Crippen LogP contribution in [0.5, 0.6) is 5.75 Å². The molecule has 3 nitrogen and oxygen atoms in total. The Morgan fingerprint density at radius 1 is 1.00 bits per heavy atom. The number of hydrogen-bond acceptors (Lipinski definition) is 3. The lowest BCUT2D eigenvalue weighted by Crippen LogP contribution is -2.21. The van der Waals surface area contributed by atoms with Crippen molar-refractivity contribution < 1.29 is 14.6 Å². The van der Waals surface area contributed by atoms with Gasteiger partial charge in [0, 0.05) is 0 Å². The van der Waals surface area contributed by atoms with Crippen molar-refractivity contribution in [3.05, 3.63) is 76.8 Å². The van der Waals surface area contributed by atoms with Crippen molar-refractivity contribution in [1.82, 2.24) is 0 Å². The molecule has 0 saturated heterocycles. The maximum Gasteiger partial charge on any atom is 0.133 e. The summed E-state index contributed by atoms with van der Waals surface area (Å²) in [5, 5.41) is 11.0. The largest absolute Gasteiger partial charge is 0.545 e. The molecular formula is C24H22BrO3-. The summed E-state index contributed by atoms with van der Waals surface area (Å²) in [6.07, 6.45) is 1.08. The number of carbonyl (C=O) groups is 1. The smallest absolute Gasteiger partial charge is 0.133 e. The van der Waals surface area contributed by atoms with Gasteiger partial charge in [-0.25, -0.2) is 0 Å². The van der Waals surface area contributed by atoms with E-state index in [1.54, 1.807) is 12.1 Å². The van der Waals surface area contributed by atoms with E-state index in [1.165, 1.54) is 0 Å². The molecule has 0 amide bonds. The molecule has 4 heteroatoms. The van der Waals surface area contributed by atoms with E-state index in [0.717, 1.165) is 38.9 Å². The molecule has 0 aliphatic carbocycles. The van der Waals surface area contributed by atoms with Crippen LogP contribution in [0.2, 0.25) is 0 Å². The zero-order valence-electron chi connectivity index (χ0n) is 15.9. The molecule has 0 N–H and O–H groups in total. The van der Waals surface area contributed by atoms with Gasteiger partial charge in [0.25, 0.3) is 0 Å². The lowest BCUT2D eigenvalue weighted by atomic mass is 9.94. The summed E-state index contributed by atoms with van der Waals surface area (Å²) < 4.78 is 6.83. The molecule has 0 aromatic heterocycles. The van der Waals surface area contributed by atoms with Crippen molar-refractivity contribution in [2.75, 3.05) is 6.61 Å². The number of carbonyl (C=O) groups excluding carboxylic acids is 1. The Morgan fingerprint density at radius 2 is 1.61 bits per heavy atom. The Bertz CT molecular complexity index is 964. The first kappa shape index (κ1) is 20.2. The van der Waals surface area contributed by atoms with E-state index in [9.17, 15) is 9.90 Å². The van der Waals surface area contributed by atoms with Crippen molar-refractivity contribution in [3.63, 3.8) is 0 Å². The third kappa shape index (κ3) is 4.63. The molecule has 3 rings (SSSR count). The van der Waals surface area contributed by atoms with Gasteiger partial charge in [-0.1, -0.05) is 74.9 Å². The van der Waals surface area contributed by atoms with Gasteiger partial charge in [0.15, 0.2) is 0 Å². The lowest BCUT2D eigenvalue weighted by Gasteiger charge is -2.15. The predicted molar refractivity (Wildman–Crippen MR) is 114 cm³/mol. The predicted octanol–water partition coefficient (Wildman–Crippen LogP) is 5.57. The van der Waals surface area contributed by atoms with E-state index in [2.05, 4.69) is 41.9 Å². The minimum Gasteiger partial charge on any atom is -0.545 e. The molecule has 3 aromatic rings. The second-order valence-corrected chi connectivity index (χ2v) is 7.73. The molecule has 1 unspecified atom stereocenters. The molecule has 0 fully saturated rings. The minimum absolute atomic E-state index is 0.173. The fourth-order valence-corrected chi connectivity index (χ4v) is 3.40. The van der Waals surface area contributed by atoms with E-state index in [0.29, 0.717) is 12.5 Å². The monoisotopic (exact) mass is 437 g/mol. The molecular weight excluding hydrogens is 416 g/mol. The number of carboxylic acid groups (broad SMARTS) is 1. The highest BCUT2D eigenvalue weighted by Crippen LogP contribution is 2.36. The molecule has 3 aromatic carbocycles. The van der Waals surface area contributed by atoms with Gasteiger partial charge >= 0.3 is 0 Å². The third-order valence-corrected chi connectivity index (χ3v) is 5.44. The Labute approximate surface area is 174 Å². The van der Waals surface area contributed by atoms with Crippen LogP contribution in [-0.4, -0.2) is 12.6 Å². The first-order chi connectivity index (χ1) is 13.5. The zero-order valence-corrected chi connectivity index (χ0v) is 17.5. The number of hydrogen-bond donors (Lipinski definition) is 0. The standard InChI is InChI=1S/C24H23BrO3/c1-3-16(2)15-28-23-13-12-19(14-22(23)25)21-7-5-4-6-20(21)17-8-10-18(11-9-17)24(26)27/h4-14,16H,3,15H2,1-2H3,(H,26,27)/p-1.